The van der Waals surface area contributed by atoms with Crippen LogP contribution in [0.2, 0.25) is 0 Å². The fourth-order valence-electron chi connectivity index (χ4n) is 3.92. The van der Waals surface area contributed by atoms with Gasteiger partial charge in [-0.05, 0) is 70.7 Å². The van der Waals surface area contributed by atoms with Gasteiger partial charge in [0.1, 0.15) is 11.6 Å². The van der Waals surface area contributed by atoms with Crippen LogP contribution in [0.15, 0.2) is 24.3 Å². The van der Waals surface area contributed by atoms with Gasteiger partial charge < -0.3 is 20.3 Å². The molecule has 0 bridgehead atoms. The number of ether oxygens (including phenoxy) is 1. The summed E-state index contributed by atoms with van der Waals surface area (Å²) in [5.74, 6) is -0.232. The number of amides is 4. The van der Waals surface area contributed by atoms with Crippen LogP contribution in [0, 0.1) is 0 Å². The van der Waals surface area contributed by atoms with E-state index in [9.17, 15) is 14.4 Å². The molecule has 1 atom stereocenters. The number of urea groups is 1. The quantitative estimate of drug-likeness (QED) is 0.742. The van der Waals surface area contributed by atoms with Crippen molar-refractivity contribution < 1.29 is 19.1 Å². The van der Waals surface area contributed by atoms with Crippen LogP contribution in [0.5, 0.6) is 0 Å². The number of nitrogens with zero attached hydrogens (tertiary/aromatic N) is 2. The molecule has 0 radical (unpaired) electrons. The summed E-state index contributed by atoms with van der Waals surface area (Å²) in [4.78, 5) is 41.0. The SMILES string of the molecule is CC(C)(C)OC(=O)N1CCCC1C(=O)Nc1ccc(NC(=O)N2CCCCCC2)cc1. The van der Waals surface area contributed by atoms with Crippen LogP contribution >= 0.6 is 0 Å². The number of likely N-dealkylation sites (tertiary alicyclic amines) is 2. The van der Waals surface area contributed by atoms with Crippen molar-refractivity contribution in [1.29, 1.82) is 0 Å². The maximum atomic E-state index is 12.8. The first-order chi connectivity index (χ1) is 14.7. The second-order valence-corrected chi connectivity index (χ2v) is 9.23. The molecule has 2 saturated heterocycles. The first-order valence-corrected chi connectivity index (χ1v) is 11.2. The number of carbonyl (C=O) groups excluding carboxylic acids is 3. The van der Waals surface area contributed by atoms with E-state index in [0.29, 0.717) is 24.3 Å². The van der Waals surface area contributed by atoms with Gasteiger partial charge in [0.25, 0.3) is 0 Å². The van der Waals surface area contributed by atoms with Gasteiger partial charge in [0.15, 0.2) is 0 Å². The highest BCUT2D eigenvalue weighted by atomic mass is 16.6. The summed E-state index contributed by atoms with van der Waals surface area (Å²) in [6.07, 6.45) is 5.33. The van der Waals surface area contributed by atoms with Crippen molar-refractivity contribution in [3.63, 3.8) is 0 Å². The smallest absolute Gasteiger partial charge is 0.410 e. The third-order valence-corrected chi connectivity index (χ3v) is 5.48. The van der Waals surface area contributed by atoms with Crippen molar-refractivity contribution in [1.82, 2.24) is 9.80 Å². The van der Waals surface area contributed by atoms with Crippen molar-refractivity contribution in [3.8, 4) is 0 Å². The van der Waals surface area contributed by atoms with Gasteiger partial charge in [0.05, 0.1) is 0 Å². The average Bonchev–Trinajstić information content (AvgIpc) is 3.04. The molecule has 8 heteroatoms. The van der Waals surface area contributed by atoms with Gasteiger partial charge in [-0.3, -0.25) is 9.69 Å². The lowest BCUT2D eigenvalue weighted by Crippen LogP contribution is -2.45. The lowest BCUT2D eigenvalue weighted by atomic mass is 10.2. The Morgan fingerprint density at radius 3 is 2.03 bits per heavy atom. The van der Waals surface area contributed by atoms with E-state index in [1.54, 1.807) is 24.3 Å². The van der Waals surface area contributed by atoms with E-state index in [1.807, 2.05) is 25.7 Å². The van der Waals surface area contributed by atoms with Crippen LogP contribution in [0.25, 0.3) is 0 Å². The van der Waals surface area contributed by atoms with Crippen molar-refractivity contribution in [3.05, 3.63) is 24.3 Å². The minimum absolute atomic E-state index is 0.0855. The molecule has 31 heavy (non-hydrogen) atoms. The van der Waals surface area contributed by atoms with E-state index in [4.69, 9.17) is 4.74 Å². The molecular weight excluding hydrogens is 396 g/mol. The maximum Gasteiger partial charge on any atom is 0.410 e. The molecule has 0 spiro atoms. The third kappa shape index (κ3) is 6.60. The summed E-state index contributed by atoms with van der Waals surface area (Å²) in [6, 6.07) is 6.41. The van der Waals surface area contributed by atoms with Crippen molar-refractivity contribution in [2.75, 3.05) is 30.3 Å². The zero-order valence-corrected chi connectivity index (χ0v) is 18.8. The summed E-state index contributed by atoms with van der Waals surface area (Å²) < 4.78 is 5.43. The molecule has 2 aliphatic heterocycles. The van der Waals surface area contributed by atoms with E-state index < -0.39 is 17.7 Å². The normalized spacial score (nSPS) is 19.5. The van der Waals surface area contributed by atoms with Gasteiger partial charge in [-0.2, -0.15) is 0 Å². The highest BCUT2D eigenvalue weighted by Gasteiger charge is 2.36. The molecule has 2 fully saturated rings. The molecule has 3 rings (SSSR count). The Balaban J connectivity index is 1.54. The fourth-order valence-corrected chi connectivity index (χ4v) is 3.92. The van der Waals surface area contributed by atoms with E-state index in [-0.39, 0.29) is 11.9 Å². The Kier molecular flexibility index (Phi) is 7.41. The molecule has 2 N–H and O–H groups in total. The molecule has 1 aromatic carbocycles. The maximum absolute atomic E-state index is 12.8. The van der Waals surface area contributed by atoms with Crippen molar-refractivity contribution in [2.45, 2.75) is 70.9 Å². The molecule has 170 valence electrons. The zero-order chi connectivity index (χ0) is 22.4. The van der Waals surface area contributed by atoms with Crippen LogP contribution in [-0.4, -0.2) is 59.1 Å². The monoisotopic (exact) mass is 430 g/mol. The Morgan fingerprint density at radius 2 is 1.45 bits per heavy atom. The highest BCUT2D eigenvalue weighted by molar-refractivity contribution is 5.97. The van der Waals surface area contributed by atoms with Crippen LogP contribution in [0.3, 0.4) is 0 Å². The molecular formula is C23H34N4O4. The summed E-state index contributed by atoms with van der Waals surface area (Å²) in [5.41, 5.74) is 0.700. The van der Waals surface area contributed by atoms with Crippen molar-refractivity contribution >= 4 is 29.4 Å². The third-order valence-electron chi connectivity index (χ3n) is 5.48. The summed E-state index contributed by atoms with van der Waals surface area (Å²) in [6.45, 7) is 7.51. The molecule has 8 nitrogen and oxygen atoms in total. The van der Waals surface area contributed by atoms with Crippen LogP contribution in [0.1, 0.15) is 59.3 Å². The zero-order valence-electron chi connectivity index (χ0n) is 18.8. The number of nitrogens with one attached hydrogen (secondary N) is 2. The standard InChI is InChI=1S/C23H34N4O4/c1-23(2,3)31-22(30)27-16-8-9-19(27)20(28)24-17-10-12-18(13-11-17)25-21(29)26-14-6-4-5-7-15-26/h10-13,19H,4-9,14-16H2,1-3H3,(H,24,28)(H,25,29). The first kappa shape index (κ1) is 22.9. The largest absolute Gasteiger partial charge is 0.444 e. The highest BCUT2D eigenvalue weighted by Crippen LogP contribution is 2.23. The summed E-state index contributed by atoms with van der Waals surface area (Å²) >= 11 is 0. The van der Waals surface area contributed by atoms with Crippen LogP contribution in [-0.2, 0) is 9.53 Å². The second-order valence-electron chi connectivity index (χ2n) is 9.23. The van der Waals surface area contributed by atoms with Gasteiger partial charge in [0.2, 0.25) is 5.91 Å². The fraction of sp³-hybridized carbons (Fsp3) is 0.609. The lowest BCUT2D eigenvalue weighted by Gasteiger charge is -2.28. The molecule has 1 unspecified atom stereocenters. The van der Waals surface area contributed by atoms with E-state index in [2.05, 4.69) is 10.6 Å². The van der Waals surface area contributed by atoms with Gasteiger partial charge in [-0.15, -0.1) is 0 Å². The molecule has 0 aliphatic carbocycles. The second kappa shape index (κ2) is 10.0. The average molecular weight is 431 g/mol. The Hall–Kier alpha value is -2.77. The topological polar surface area (TPSA) is 91.0 Å². The number of hydrogen-bond acceptors (Lipinski definition) is 4. The van der Waals surface area contributed by atoms with E-state index in [0.717, 1.165) is 32.4 Å². The van der Waals surface area contributed by atoms with E-state index in [1.165, 1.54) is 17.7 Å². The molecule has 4 amide bonds. The Bertz CT molecular complexity index is 780. The Morgan fingerprint density at radius 1 is 0.871 bits per heavy atom. The predicted molar refractivity (Wildman–Crippen MR) is 120 cm³/mol. The van der Waals surface area contributed by atoms with Gasteiger partial charge in [0, 0.05) is 31.0 Å². The summed E-state index contributed by atoms with van der Waals surface area (Å²) in [5, 5.41) is 5.80. The number of hydrogen-bond donors (Lipinski definition) is 2. The lowest BCUT2D eigenvalue weighted by molar-refractivity contribution is -0.120. The summed E-state index contributed by atoms with van der Waals surface area (Å²) in [7, 11) is 0. The van der Waals surface area contributed by atoms with Crippen molar-refractivity contribution in [2.24, 2.45) is 0 Å². The number of rotatable bonds is 3. The molecule has 2 aliphatic rings. The van der Waals surface area contributed by atoms with Gasteiger partial charge in [-0.1, -0.05) is 12.8 Å². The van der Waals surface area contributed by atoms with Gasteiger partial charge in [-0.25, -0.2) is 9.59 Å². The van der Waals surface area contributed by atoms with Gasteiger partial charge >= 0.3 is 12.1 Å². The molecule has 1 aromatic rings. The first-order valence-electron chi connectivity index (χ1n) is 11.2. The molecule has 2 heterocycles. The van der Waals surface area contributed by atoms with E-state index >= 15 is 0 Å². The number of anilines is 2. The van der Waals surface area contributed by atoms with Crippen LogP contribution < -0.4 is 10.6 Å². The number of carbonyl (C=O) groups is 3. The number of benzene rings is 1. The molecule has 0 aromatic heterocycles. The minimum Gasteiger partial charge on any atom is -0.444 e. The molecule has 0 saturated carbocycles. The Labute approximate surface area is 184 Å². The predicted octanol–water partition coefficient (Wildman–Crippen LogP) is 4.43. The minimum atomic E-state index is -0.603. The van der Waals surface area contributed by atoms with Crippen LogP contribution in [0.4, 0.5) is 21.0 Å².